The second-order valence-electron chi connectivity index (χ2n) is 8.32. The summed E-state index contributed by atoms with van der Waals surface area (Å²) in [7, 11) is 0. The van der Waals surface area contributed by atoms with Crippen LogP contribution in [0.15, 0.2) is 0 Å². The first-order chi connectivity index (χ1) is 15.5. The molecule has 33 heavy (non-hydrogen) atoms. The third kappa shape index (κ3) is 5.32. The Balaban J connectivity index is 1.82. The smallest absolute Gasteiger partial charge is 0.187 e. The molecule has 0 radical (unpaired) electrons. The van der Waals surface area contributed by atoms with Gasteiger partial charge in [0.05, 0.1) is 19.3 Å². The second kappa shape index (κ2) is 11.0. The van der Waals surface area contributed by atoms with Crippen LogP contribution in [0.3, 0.4) is 0 Å². The fourth-order valence-corrected chi connectivity index (χ4v) is 3.97. The second-order valence-corrected chi connectivity index (χ2v) is 8.32. The molecule has 0 aliphatic carbocycles. The third-order valence-corrected chi connectivity index (χ3v) is 6.06. The van der Waals surface area contributed by atoms with Crippen LogP contribution in [0, 0.1) is 0 Å². The molecule has 3 aliphatic rings. The third-order valence-electron chi connectivity index (χ3n) is 6.06. The molecule has 0 aromatic carbocycles. The molecule has 0 spiro atoms. The Kier molecular flexibility index (Phi) is 8.99. The van der Waals surface area contributed by atoms with Crippen molar-refractivity contribution >= 4 is 0 Å². The van der Waals surface area contributed by atoms with Gasteiger partial charge in [-0.25, -0.2) is 0 Å². The predicted octanol–water partition coefficient (Wildman–Crippen LogP) is -6.55. The Bertz CT molecular complexity index is 624. The van der Waals surface area contributed by atoms with Crippen LogP contribution in [0.2, 0.25) is 0 Å². The summed E-state index contributed by atoms with van der Waals surface area (Å²) in [5.74, 6) is 0. The summed E-state index contributed by atoms with van der Waals surface area (Å²) >= 11 is 0. The van der Waals surface area contributed by atoms with Gasteiger partial charge in [-0.1, -0.05) is 0 Å². The molecule has 0 bridgehead atoms. The first-order valence-electron chi connectivity index (χ1n) is 10.4. The summed E-state index contributed by atoms with van der Waals surface area (Å²) in [6.07, 6.45) is -24.1. The van der Waals surface area contributed by atoms with Gasteiger partial charge in [0, 0.05) is 0 Å². The molecule has 15 heteroatoms. The lowest BCUT2D eigenvalue weighted by Crippen LogP contribution is -2.66. The van der Waals surface area contributed by atoms with E-state index in [9.17, 15) is 51.1 Å². The summed E-state index contributed by atoms with van der Waals surface area (Å²) < 4.78 is 26.7. The van der Waals surface area contributed by atoms with Gasteiger partial charge in [-0.3, -0.25) is 0 Å². The lowest BCUT2D eigenvalue weighted by Gasteiger charge is -2.48. The summed E-state index contributed by atoms with van der Waals surface area (Å²) in [6.45, 7) is -0.115. The van der Waals surface area contributed by atoms with E-state index in [0.717, 1.165) is 0 Å². The van der Waals surface area contributed by atoms with E-state index in [2.05, 4.69) is 0 Å². The van der Waals surface area contributed by atoms with E-state index < -0.39 is 105 Å². The van der Waals surface area contributed by atoms with Crippen LogP contribution in [-0.4, -0.2) is 156 Å². The van der Waals surface area contributed by atoms with Crippen LogP contribution >= 0.6 is 0 Å². The molecular weight excluding hydrogens is 456 g/mol. The minimum absolute atomic E-state index is 0.747. The van der Waals surface area contributed by atoms with Crippen molar-refractivity contribution in [3.05, 3.63) is 0 Å². The Hall–Kier alpha value is -0.600. The molecule has 3 fully saturated rings. The zero-order valence-electron chi connectivity index (χ0n) is 17.6. The number of rotatable bonds is 6. The zero-order chi connectivity index (χ0) is 24.6. The topological polar surface area (TPSA) is 248 Å². The molecule has 14 unspecified atom stereocenters. The molecule has 3 saturated heterocycles. The van der Waals surface area contributed by atoms with Gasteiger partial charge in [-0.2, -0.15) is 0 Å². The highest BCUT2D eigenvalue weighted by atomic mass is 16.8. The van der Waals surface area contributed by atoms with Crippen molar-refractivity contribution in [2.24, 2.45) is 0 Å². The van der Waals surface area contributed by atoms with Crippen LogP contribution in [0.25, 0.3) is 0 Å². The van der Waals surface area contributed by atoms with Crippen molar-refractivity contribution in [2.45, 2.75) is 99.0 Å². The zero-order valence-corrected chi connectivity index (χ0v) is 17.6. The molecular formula is C18H32O15. The molecule has 0 aromatic heterocycles. The standard InChI is InChI=1S/C18H32O15/c1-4-7(21)10(24)12(26)17(29-4)33-15-14(9(23)6(3-20)30-16(15)28)32-18-13(27)11(25)8(22)5(2-19)31-18/h4-28H,2-3H2,1H3/t4?,5?,6?,7?,8?,9?,10?,11?,12?,13?,14?,15?,16?,17?,18-/m0/s1. The lowest BCUT2D eigenvalue weighted by atomic mass is 9.96. The van der Waals surface area contributed by atoms with Gasteiger partial charge in [0.2, 0.25) is 0 Å². The number of aliphatic hydroxyl groups excluding tert-OH is 10. The Morgan fingerprint density at radius 2 is 1.03 bits per heavy atom. The van der Waals surface area contributed by atoms with E-state index in [1.807, 2.05) is 0 Å². The molecule has 194 valence electrons. The van der Waals surface area contributed by atoms with E-state index in [1.54, 1.807) is 0 Å². The molecule has 15 nitrogen and oxygen atoms in total. The molecule has 3 aliphatic heterocycles. The lowest BCUT2D eigenvalue weighted by molar-refractivity contribution is -0.386. The molecule has 15 atom stereocenters. The number of ether oxygens (including phenoxy) is 5. The van der Waals surface area contributed by atoms with Gasteiger partial charge in [-0.15, -0.1) is 0 Å². The van der Waals surface area contributed by atoms with Gasteiger partial charge in [0.15, 0.2) is 18.9 Å². The Labute approximate surface area is 187 Å². The summed E-state index contributed by atoms with van der Waals surface area (Å²) in [6, 6.07) is 0. The van der Waals surface area contributed by atoms with Gasteiger partial charge < -0.3 is 74.7 Å². The van der Waals surface area contributed by atoms with Crippen LogP contribution < -0.4 is 0 Å². The maximum Gasteiger partial charge on any atom is 0.187 e. The average molecular weight is 488 g/mol. The van der Waals surface area contributed by atoms with Crippen molar-refractivity contribution < 1.29 is 74.7 Å². The average Bonchev–Trinajstić information content (AvgIpc) is 2.79. The number of aliphatic hydroxyl groups is 10. The van der Waals surface area contributed by atoms with Gasteiger partial charge in [-0.05, 0) is 6.92 Å². The van der Waals surface area contributed by atoms with E-state index in [4.69, 9.17) is 23.7 Å². The van der Waals surface area contributed by atoms with E-state index in [-0.39, 0.29) is 0 Å². The molecule has 0 saturated carbocycles. The van der Waals surface area contributed by atoms with Gasteiger partial charge in [0.25, 0.3) is 0 Å². The van der Waals surface area contributed by atoms with E-state index >= 15 is 0 Å². The highest BCUT2D eigenvalue weighted by molar-refractivity contribution is 4.96. The molecule has 10 N–H and O–H groups in total. The molecule has 3 heterocycles. The monoisotopic (exact) mass is 488 g/mol. The first kappa shape index (κ1) is 27.0. The predicted molar refractivity (Wildman–Crippen MR) is 99.8 cm³/mol. The maximum atomic E-state index is 10.6. The quantitative estimate of drug-likeness (QED) is 0.167. The minimum Gasteiger partial charge on any atom is -0.394 e. The van der Waals surface area contributed by atoms with Crippen LogP contribution in [0.4, 0.5) is 0 Å². The van der Waals surface area contributed by atoms with Crippen molar-refractivity contribution in [2.75, 3.05) is 13.2 Å². The van der Waals surface area contributed by atoms with Crippen molar-refractivity contribution in [3.8, 4) is 0 Å². The first-order valence-corrected chi connectivity index (χ1v) is 10.4. The molecule has 3 rings (SSSR count). The fourth-order valence-electron chi connectivity index (χ4n) is 3.97. The SMILES string of the molecule is CC1OC(OC2C(O)OC(CO)C(O)C2O[C@@H]2OC(CO)C(O)C(O)C2O)C(O)C(O)C1O. The highest BCUT2D eigenvalue weighted by Crippen LogP contribution is 2.32. The van der Waals surface area contributed by atoms with Crippen LogP contribution in [0.1, 0.15) is 6.92 Å². The van der Waals surface area contributed by atoms with Gasteiger partial charge in [0.1, 0.15) is 67.1 Å². The summed E-state index contributed by atoms with van der Waals surface area (Å²) in [5.41, 5.74) is 0. The number of hydrogen-bond donors (Lipinski definition) is 10. The van der Waals surface area contributed by atoms with E-state index in [1.165, 1.54) is 6.92 Å². The maximum absolute atomic E-state index is 10.6. The fraction of sp³-hybridized carbons (Fsp3) is 1.00. The van der Waals surface area contributed by atoms with Crippen molar-refractivity contribution in [1.82, 2.24) is 0 Å². The van der Waals surface area contributed by atoms with E-state index in [0.29, 0.717) is 0 Å². The number of hydrogen-bond acceptors (Lipinski definition) is 15. The minimum atomic E-state index is -1.88. The Morgan fingerprint density at radius 1 is 0.545 bits per heavy atom. The van der Waals surface area contributed by atoms with Crippen molar-refractivity contribution in [3.63, 3.8) is 0 Å². The highest BCUT2D eigenvalue weighted by Gasteiger charge is 2.53. The molecule has 0 aromatic rings. The largest absolute Gasteiger partial charge is 0.394 e. The normalized spacial score (nSPS) is 53.7. The Morgan fingerprint density at radius 3 is 1.61 bits per heavy atom. The van der Waals surface area contributed by atoms with Crippen LogP contribution in [-0.2, 0) is 23.7 Å². The van der Waals surface area contributed by atoms with Crippen LogP contribution in [0.5, 0.6) is 0 Å². The summed E-state index contributed by atoms with van der Waals surface area (Å²) in [4.78, 5) is 0. The molecule has 0 amide bonds. The summed E-state index contributed by atoms with van der Waals surface area (Å²) in [5, 5.41) is 100.0. The van der Waals surface area contributed by atoms with Crippen molar-refractivity contribution in [1.29, 1.82) is 0 Å². The van der Waals surface area contributed by atoms with Gasteiger partial charge >= 0.3 is 0 Å².